The molecule has 100 valence electrons. The lowest BCUT2D eigenvalue weighted by atomic mass is 10.0. The van der Waals surface area contributed by atoms with E-state index in [4.69, 9.17) is 4.74 Å². The molecular formula is C16H25NO. The lowest BCUT2D eigenvalue weighted by Gasteiger charge is -2.05. The summed E-state index contributed by atoms with van der Waals surface area (Å²) in [6.07, 6.45) is 7.45. The summed E-state index contributed by atoms with van der Waals surface area (Å²) in [6, 6.07) is 6.69. The largest absolute Gasteiger partial charge is 0.493 e. The first-order valence-electron chi connectivity index (χ1n) is 7.35. The van der Waals surface area contributed by atoms with Crippen LogP contribution in [0, 0.1) is 0 Å². The van der Waals surface area contributed by atoms with Gasteiger partial charge < -0.3 is 10.1 Å². The van der Waals surface area contributed by atoms with Gasteiger partial charge in [0.2, 0.25) is 0 Å². The van der Waals surface area contributed by atoms with E-state index in [0.29, 0.717) is 0 Å². The summed E-state index contributed by atoms with van der Waals surface area (Å²) in [4.78, 5) is 0. The Hall–Kier alpha value is -1.02. The molecule has 0 atom stereocenters. The summed E-state index contributed by atoms with van der Waals surface area (Å²) in [5.74, 6) is 1.10. The van der Waals surface area contributed by atoms with Crippen molar-refractivity contribution in [3.8, 4) is 5.75 Å². The van der Waals surface area contributed by atoms with E-state index >= 15 is 0 Å². The Morgan fingerprint density at radius 1 is 1.17 bits per heavy atom. The molecule has 1 aromatic rings. The van der Waals surface area contributed by atoms with Crippen LogP contribution >= 0.6 is 0 Å². The highest BCUT2D eigenvalue weighted by molar-refractivity contribution is 5.39. The number of benzene rings is 1. The van der Waals surface area contributed by atoms with Crippen molar-refractivity contribution in [1.29, 1.82) is 0 Å². The maximum atomic E-state index is 5.53. The van der Waals surface area contributed by atoms with Gasteiger partial charge in [-0.05, 0) is 56.0 Å². The summed E-state index contributed by atoms with van der Waals surface area (Å²) in [5.41, 5.74) is 2.87. The molecule has 1 aromatic carbocycles. The highest BCUT2D eigenvalue weighted by atomic mass is 16.5. The molecule has 1 heterocycles. The highest BCUT2D eigenvalue weighted by Gasteiger charge is 2.11. The zero-order chi connectivity index (χ0) is 12.6. The van der Waals surface area contributed by atoms with Crippen molar-refractivity contribution in [2.45, 2.75) is 45.4 Å². The van der Waals surface area contributed by atoms with E-state index in [1.165, 1.54) is 49.8 Å². The smallest absolute Gasteiger partial charge is 0.122 e. The maximum absolute atomic E-state index is 5.53. The topological polar surface area (TPSA) is 21.3 Å². The number of nitrogens with one attached hydrogen (secondary N) is 1. The first-order chi connectivity index (χ1) is 8.90. The average molecular weight is 247 g/mol. The number of hydrogen-bond acceptors (Lipinski definition) is 2. The predicted octanol–water partition coefficient (Wildman–Crippen LogP) is 3.33. The Morgan fingerprint density at radius 2 is 2.11 bits per heavy atom. The second-order valence-corrected chi connectivity index (χ2v) is 5.10. The van der Waals surface area contributed by atoms with Gasteiger partial charge >= 0.3 is 0 Å². The van der Waals surface area contributed by atoms with Crippen LogP contribution in [0.3, 0.4) is 0 Å². The number of hydrogen-bond donors (Lipinski definition) is 1. The van der Waals surface area contributed by atoms with Gasteiger partial charge in [-0.2, -0.15) is 0 Å². The lowest BCUT2D eigenvalue weighted by Crippen LogP contribution is -2.15. The molecule has 2 heteroatoms. The summed E-state index contributed by atoms with van der Waals surface area (Å²) in [6.45, 7) is 5.41. The first kappa shape index (κ1) is 13.4. The molecule has 0 saturated carbocycles. The fraction of sp³-hybridized carbons (Fsp3) is 0.625. The van der Waals surface area contributed by atoms with E-state index in [1.807, 2.05) is 0 Å². The van der Waals surface area contributed by atoms with Crippen LogP contribution in [0.4, 0.5) is 0 Å². The molecule has 0 aromatic heterocycles. The third kappa shape index (κ3) is 4.02. The predicted molar refractivity (Wildman–Crippen MR) is 76.4 cm³/mol. The van der Waals surface area contributed by atoms with Crippen molar-refractivity contribution in [3.05, 3.63) is 29.3 Å². The molecule has 0 radical (unpaired) electrons. The maximum Gasteiger partial charge on any atom is 0.122 e. The quantitative estimate of drug-likeness (QED) is 0.711. The van der Waals surface area contributed by atoms with Crippen molar-refractivity contribution < 1.29 is 4.74 Å². The van der Waals surface area contributed by atoms with Gasteiger partial charge in [-0.25, -0.2) is 0 Å². The minimum absolute atomic E-state index is 0.863. The molecule has 0 spiro atoms. The molecule has 1 aliphatic rings. The Kier molecular flexibility index (Phi) is 5.53. The van der Waals surface area contributed by atoms with Gasteiger partial charge in [0.05, 0.1) is 6.61 Å². The van der Waals surface area contributed by atoms with Gasteiger partial charge in [-0.1, -0.05) is 25.5 Å². The van der Waals surface area contributed by atoms with E-state index in [1.54, 1.807) is 0 Å². The Labute approximate surface area is 111 Å². The molecule has 18 heavy (non-hydrogen) atoms. The van der Waals surface area contributed by atoms with E-state index < -0.39 is 0 Å². The molecular weight excluding hydrogens is 222 g/mol. The van der Waals surface area contributed by atoms with Crippen molar-refractivity contribution in [3.63, 3.8) is 0 Å². The SMILES string of the molecule is CCCNCCCCCc1ccc2c(c1)CCO2. The molecule has 0 amide bonds. The second kappa shape index (κ2) is 7.42. The van der Waals surface area contributed by atoms with Gasteiger partial charge in [0, 0.05) is 6.42 Å². The zero-order valence-electron chi connectivity index (χ0n) is 11.5. The molecule has 1 N–H and O–H groups in total. The molecule has 1 aliphatic heterocycles. The first-order valence-corrected chi connectivity index (χ1v) is 7.35. The van der Waals surface area contributed by atoms with Gasteiger partial charge in [-0.15, -0.1) is 0 Å². The van der Waals surface area contributed by atoms with Crippen LogP contribution in [0.5, 0.6) is 5.75 Å². The van der Waals surface area contributed by atoms with E-state index in [-0.39, 0.29) is 0 Å². The molecule has 0 bridgehead atoms. The standard InChI is InChI=1S/C16H25NO/c1-2-10-17-11-5-3-4-6-14-7-8-16-15(13-14)9-12-18-16/h7-8,13,17H,2-6,9-12H2,1H3. The van der Waals surface area contributed by atoms with Crippen LogP contribution in [-0.4, -0.2) is 19.7 Å². The van der Waals surface area contributed by atoms with Gasteiger partial charge in [0.25, 0.3) is 0 Å². The molecule has 0 unspecified atom stereocenters. The second-order valence-electron chi connectivity index (χ2n) is 5.10. The van der Waals surface area contributed by atoms with Gasteiger partial charge in [0.1, 0.15) is 5.75 Å². The van der Waals surface area contributed by atoms with Gasteiger partial charge in [-0.3, -0.25) is 0 Å². The summed E-state index contributed by atoms with van der Waals surface area (Å²) in [5, 5.41) is 3.45. The van der Waals surface area contributed by atoms with Crippen LogP contribution in [0.1, 0.15) is 43.7 Å². The molecule has 0 fully saturated rings. The van der Waals surface area contributed by atoms with Crippen LogP contribution in [0.15, 0.2) is 18.2 Å². The van der Waals surface area contributed by atoms with E-state index in [9.17, 15) is 0 Å². The monoisotopic (exact) mass is 247 g/mol. The fourth-order valence-corrected chi connectivity index (χ4v) is 2.45. The molecule has 0 saturated heterocycles. The number of aryl methyl sites for hydroxylation is 1. The van der Waals surface area contributed by atoms with Crippen molar-refractivity contribution in [1.82, 2.24) is 5.32 Å². The lowest BCUT2D eigenvalue weighted by molar-refractivity contribution is 0.357. The van der Waals surface area contributed by atoms with Crippen LogP contribution in [0.2, 0.25) is 0 Å². The number of fused-ring (bicyclic) bond motifs is 1. The van der Waals surface area contributed by atoms with Gasteiger partial charge in [0.15, 0.2) is 0 Å². The highest BCUT2D eigenvalue weighted by Crippen LogP contribution is 2.26. The summed E-state index contributed by atoms with van der Waals surface area (Å²) >= 11 is 0. The number of ether oxygens (including phenoxy) is 1. The van der Waals surface area contributed by atoms with Crippen LogP contribution < -0.4 is 10.1 Å². The fourth-order valence-electron chi connectivity index (χ4n) is 2.45. The van der Waals surface area contributed by atoms with Crippen molar-refractivity contribution >= 4 is 0 Å². The molecule has 2 nitrogen and oxygen atoms in total. The Balaban J connectivity index is 1.62. The normalized spacial score (nSPS) is 13.4. The minimum atomic E-state index is 0.863. The third-order valence-corrected chi connectivity index (χ3v) is 3.50. The third-order valence-electron chi connectivity index (χ3n) is 3.50. The minimum Gasteiger partial charge on any atom is -0.493 e. The Bertz CT molecular complexity index is 362. The molecule has 2 rings (SSSR count). The van der Waals surface area contributed by atoms with Crippen molar-refractivity contribution in [2.75, 3.05) is 19.7 Å². The number of unbranched alkanes of at least 4 members (excludes halogenated alkanes) is 2. The summed E-state index contributed by atoms with van der Waals surface area (Å²) in [7, 11) is 0. The zero-order valence-corrected chi connectivity index (χ0v) is 11.5. The molecule has 0 aliphatic carbocycles. The Morgan fingerprint density at radius 3 is 3.00 bits per heavy atom. The van der Waals surface area contributed by atoms with E-state index in [2.05, 4.69) is 30.4 Å². The summed E-state index contributed by atoms with van der Waals surface area (Å²) < 4.78 is 5.53. The van der Waals surface area contributed by atoms with Crippen LogP contribution in [-0.2, 0) is 12.8 Å². The average Bonchev–Trinajstić information content (AvgIpc) is 2.85. The van der Waals surface area contributed by atoms with E-state index in [0.717, 1.165) is 25.3 Å². The van der Waals surface area contributed by atoms with Crippen LogP contribution in [0.25, 0.3) is 0 Å². The van der Waals surface area contributed by atoms with Crippen molar-refractivity contribution in [2.24, 2.45) is 0 Å². The number of rotatable bonds is 8.